The van der Waals surface area contributed by atoms with Gasteiger partial charge in [0.25, 0.3) is 11.8 Å². The zero-order valence-electron chi connectivity index (χ0n) is 5.03. The van der Waals surface area contributed by atoms with Crippen LogP contribution in [0.3, 0.4) is 0 Å². The summed E-state index contributed by atoms with van der Waals surface area (Å²) in [7, 11) is 0. The van der Waals surface area contributed by atoms with E-state index in [1.165, 1.54) is 0 Å². The molecule has 1 fully saturated rings. The summed E-state index contributed by atoms with van der Waals surface area (Å²) in [5, 5.41) is 0. The van der Waals surface area contributed by atoms with E-state index in [-0.39, 0.29) is 0 Å². The number of primary amides is 1. The van der Waals surface area contributed by atoms with Gasteiger partial charge in [-0.1, -0.05) is 0 Å². The van der Waals surface area contributed by atoms with Gasteiger partial charge in [0.05, 0.1) is 0 Å². The summed E-state index contributed by atoms with van der Waals surface area (Å²) >= 11 is 0. The summed E-state index contributed by atoms with van der Waals surface area (Å²) in [5.41, 5.74) is 11.9. The van der Waals surface area contributed by atoms with Gasteiger partial charge in [-0.2, -0.15) is 0 Å². The Bertz CT molecular complexity index is 181. The fourth-order valence-corrected chi connectivity index (χ4v) is 0.635. The van der Waals surface area contributed by atoms with Gasteiger partial charge in [0.1, 0.15) is 6.04 Å². The highest BCUT2D eigenvalue weighted by Gasteiger charge is 2.37. The average Bonchev–Trinajstić information content (AvgIpc) is 2.14. The summed E-state index contributed by atoms with van der Waals surface area (Å²) in [6.45, 7) is 0. The summed E-state index contributed by atoms with van der Waals surface area (Å²) in [6.07, 6.45) is -1.03. The predicted octanol–water partition coefficient (Wildman–Crippen LogP) is -2.77. The summed E-state index contributed by atoms with van der Waals surface area (Å²) in [5.74, 6) is -1.27. The van der Waals surface area contributed by atoms with Gasteiger partial charge in [-0.3, -0.25) is 14.4 Å². The van der Waals surface area contributed by atoms with Gasteiger partial charge >= 0.3 is 0 Å². The number of hydroxylamine groups is 1. The number of hydrogen-bond donors (Lipinski definition) is 3. The van der Waals surface area contributed by atoms with Crippen LogP contribution in [0.25, 0.3) is 0 Å². The summed E-state index contributed by atoms with van der Waals surface area (Å²) < 4.78 is 0. The molecule has 2 unspecified atom stereocenters. The maximum absolute atomic E-state index is 10.5. The van der Waals surface area contributed by atoms with Crippen LogP contribution in [0.1, 0.15) is 0 Å². The normalized spacial score (nSPS) is 31.9. The smallest absolute Gasteiger partial charge is 0.263 e. The number of carbonyl (C=O) groups is 2. The molecule has 0 bridgehead atoms. The molecule has 0 aliphatic carbocycles. The van der Waals surface area contributed by atoms with Crippen molar-refractivity contribution >= 4 is 11.8 Å². The van der Waals surface area contributed by atoms with Crippen molar-refractivity contribution in [2.24, 2.45) is 11.5 Å². The van der Waals surface area contributed by atoms with E-state index >= 15 is 0 Å². The first kappa shape index (κ1) is 6.97. The molecule has 1 aliphatic heterocycles. The maximum atomic E-state index is 10.5. The fraction of sp³-hybridized carbons (Fsp3) is 0.500. The molecule has 10 heavy (non-hydrogen) atoms. The van der Waals surface area contributed by atoms with Crippen LogP contribution in [-0.4, -0.2) is 24.0 Å². The Morgan fingerprint density at radius 3 is 2.50 bits per heavy atom. The monoisotopic (exact) mass is 145 g/mol. The third-order valence-electron chi connectivity index (χ3n) is 1.20. The largest absolute Gasteiger partial charge is 0.367 e. The van der Waals surface area contributed by atoms with E-state index in [0.717, 1.165) is 0 Å². The SMILES string of the molecule is NC(=O)C1ONC(=O)C1N. The number of amides is 2. The molecule has 2 atom stereocenters. The minimum Gasteiger partial charge on any atom is -0.367 e. The Labute approximate surface area is 56.4 Å². The molecule has 1 heterocycles. The second-order valence-corrected chi connectivity index (χ2v) is 1.93. The quantitative estimate of drug-likeness (QED) is 0.371. The Kier molecular flexibility index (Phi) is 1.56. The van der Waals surface area contributed by atoms with Crippen molar-refractivity contribution in [3.8, 4) is 0 Å². The van der Waals surface area contributed by atoms with Gasteiger partial charge in [-0.05, 0) is 0 Å². The molecule has 0 aromatic heterocycles. The van der Waals surface area contributed by atoms with E-state index < -0.39 is 24.0 Å². The molecule has 0 saturated carbocycles. The van der Waals surface area contributed by atoms with E-state index in [4.69, 9.17) is 11.5 Å². The van der Waals surface area contributed by atoms with Gasteiger partial charge in [0.15, 0.2) is 6.10 Å². The first-order chi connectivity index (χ1) is 4.63. The lowest BCUT2D eigenvalue weighted by Crippen LogP contribution is -2.44. The topological polar surface area (TPSA) is 107 Å². The Hall–Kier alpha value is -1.14. The molecule has 6 heteroatoms. The van der Waals surface area contributed by atoms with Crippen molar-refractivity contribution in [1.82, 2.24) is 5.48 Å². The van der Waals surface area contributed by atoms with Gasteiger partial charge in [0.2, 0.25) is 0 Å². The number of nitrogens with two attached hydrogens (primary N) is 2. The molecule has 1 aliphatic rings. The highest BCUT2D eigenvalue weighted by Crippen LogP contribution is 2.01. The molecule has 0 radical (unpaired) electrons. The second-order valence-electron chi connectivity index (χ2n) is 1.93. The lowest BCUT2D eigenvalue weighted by atomic mass is 10.2. The van der Waals surface area contributed by atoms with Crippen molar-refractivity contribution in [2.45, 2.75) is 12.1 Å². The van der Waals surface area contributed by atoms with Gasteiger partial charge < -0.3 is 11.5 Å². The minimum atomic E-state index is -1.03. The Morgan fingerprint density at radius 2 is 2.30 bits per heavy atom. The van der Waals surface area contributed by atoms with Gasteiger partial charge in [0, 0.05) is 0 Å². The summed E-state index contributed by atoms with van der Waals surface area (Å²) in [4.78, 5) is 25.3. The molecule has 6 nitrogen and oxygen atoms in total. The molecule has 2 amide bonds. The Balaban J connectivity index is 2.66. The molecule has 1 saturated heterocycles. The van der Waals surface area contributed by atoms with Crippen LogP contribution < -0.4 is 16.9 Å². The van der Waals surface area contributed by atoms with Crippen LogP contribution >= 0.6 is 0 Å². The molecule has 1 rings (SSSR count). The van der Waals surface area contributed by atoms with Crippen LogP contribution in [0.2, 0.25) is 0 Å². The number of carbonyl (C=O) groups excluding carboxylic acids is 2. The molecule has 0 spiro atoms. The van der Waals surface area contributed by atoms with Crippen LogP contribution in [0.4, 0.5) is 0 Å². The lowest BCUT2D eigenvalue weighted by Gasteiger charge is -2.03. The first-order valence-electron chi connectivity index (χ1n) is 2.63. The van der Waals surface area contributed by atoms with E-state index in [1.54, 1.807) is 0 Å². The van der Waals surface area contributed by atoms with Crippen molar-refractivity contribution < 1.29 is 14.4 Å². The van der Waals surface area contributed by atoms with Crippen LogP contribution in [0.5, 0.6) is 0 Å². The molecular weight excluding hydrogens is 138 g/mol. The van der Waals surface area contributed by atoms with Crippen LogP contribution in [0, 0.1) is 0 Å². The highest BCUT2D eigenvalue weighted by molar-refractivity contribution is 5.92. The number of hydrogen-bond acceptors (Lipinski definition) is 4. The zero-order chi connectivity index (χ0) is 7.72. The standard InChI is InChI=1S/C4H7N3O3/c5-1-2(3(6)8)10-7-4(1)9/h1-2H,5H2,(H2,6,8)(H,7,9). The van der Waals surface area contributed by atoms with E-state index in [1.807, 2.05) is 5.48 Å². The first-order valence-corrected chi connectivity index (χ1v) is 2.63. The molecule has 0 aromatic carbocycles. The summed E-state index contributed by atoms with van der Waals surface area (Å²) in [6, 6.07) is -0.975. The van der Waals surface area contributed by atoms with Crippen molar-refractivity contribution in [1.29, 1.82) is 0 Å². The molecule has 5 N–H and O–H groups in total. The average molecular weight is 145 g/mol. The minimum absolute atomic E-state index is 0.524. The van der Waals surface area contributed by atoms with E-state index in [9.17, 15) is 9.59 Å². The van der Waals surface area contributed by atoms with E-state index in [2.05, 4.69) is 4.84 Å². The fourth-order valence-electron chi connectivity index (χ4n) is 0.635. The zero-order valence-corrected chi connectivity index (χ0v) is 5.03. The van der Waals surface area contributed by atoms with E-state index in [0.29, 0.717) is 0 Å². The van der Waals surface area contributed by atoms with Crippen molar-refractivity contribution in [3.05, 3.63) is 0 Å². The van der Waals surface area contributed by atoms with Crippen LogP contribution in [0.15, 0.2) is 0 Å². The third-order valence-corrected chi connectivity index (χ3v) is 1.20. The maximum Gasteiger partial charge on any atom is 0.263 e. The number of rotatable bonds is 1. The highest BCUT2D eigenvalue weighted by atomic mass is 16.7. The van der Waals surface area contributed by atoms with Gasteiger partial charge in [-0.15, -0.1) is 0 Å². The number of nitrogens with one attached hydrogen (secondary N) is 1. The Morgan fingerprint density at radius 1 is 1.70 bits per heavy atom. The predicted molar refractivity (Wildman–Crippen MR) is 30.2 cm³/mol. The lowest BCUT2D eigenvalue weighted by molar-refractivity contribution is -0.131. The van der Waals surface area contributed by atoms with Crippen molar-refractivity contribution in [2.75, 3.05) is 0 Å². The second kappa shape index (κ2) is 2.24. The van der Waals surface area contributed by atoms with Gasteiger partial charge in [-0.25, -0.2) is 5.48 Å². The van der Waals surface area contributed by atoms with Crippen molar-refractivity contribution in [3.63, 3.8) is 0 Å². The van der Waals surface area contributed by atoms with Crippen LogP contribution in [-0.2, 0) is 14.4 Å². The third kappa shape index (κ3) is 0.937. The molecule has 0 aromatic rings. The molecular formula is C4H7N3O3. The molecule has 56 valence electrons.